The fourth-order valence-corrected chi connectivity index (χ4v) is 3.42. The molecule has 1 fully saturated rings. The number of hydrogen-bond acceptors (Lipinski definition) is 5. The highest BCUT2D eigenvalue weighted by atomic mass is 16.3. The summed E-state index contributed by atoms with van der Waals surface area (Å²) in [5.41, 5.74) is 3.23. The van der Waals surface area contributed by atoms with Gasteiger partial charge in [0.05, 0.1) is 17.5 Å². The van der Waals surface area contributed by atoms with Crippen molar-refractivity contribution in [2.24, 2.45) is 0 Å². The largest absolute Gasteiger partial charge is 0.390 e. The van der Waals surface area contributed by atoms with E-state index in [4.69, 9.17) is 0 Å². The normalized spacial score (nSPS) is 18.5. The molecule has 2 aromatic heterocycles. The van der Waals surface area contributed by atoms with Crippen LogP contribution in [0.5, 0.6) is 0 Å². The molecule has 24 heavy (non-hydrogen) atoms. The third-order valence-electron chi connectivity index (χ3n) is 4.84. The lowest BCUT2D eigenvalue weighted by molar-refractivity contribution is 0.0591. The molecule has 6 heteroatoms. The third-order valence-corrected chi connectivity index (χ3v) is 4.84. The number of piperazine rings is 1. The molecule has 0 amide bonds. The highest BCUT2D eigenvalue weighted by molar-refractivity contribution is 5.42. The summed E-state index contributed by atoms with van der Waals surface area (Å²) in [6.45, 7) is 8.53. The zero-order chi connectivity index (χ0) is 17.1. The van der Waals surface area contributed by atoms with Crippen LogP contribution in [-0.2, 0) is 6.54 Å². The number of aliphatic hydroxyl groups excluding tert-OH is 1. The number of aryl methyl sites for hydroxylation is 1. The first-order valence-corrected chi connectivity index (χ1v) is 8.73. The number of hydrogen-bond donors (Lipinski definition) is 1. The number of aromatic nitrogens is 2. The lowest BCUT2D eigenvalue weighted by Gasteiger charge is -2.34. The molecule has 2 aromatic rings. The minimum Gasteiger partial charge on any atom is -0.390 e. The van der Waals surface area contributed by atoms with Crippen molar-refractivity contribution in [2.45, 2.75) is 19.6 Å². The molecule has 3 heterocycles. The van der Waals surface area contributed by atoms with Crippen molar-refractivity contribution in [3.63, 3.8) is 0 Å². The Morgan fingerprint density at radius 2 is 2.00 bits per heavy atom. The molecule has 0 spiro atoms. The van der Waals surface area contributed by atoms with Gasteiger partial charge in [-0.25, -0.2) is 4.98 Å². The van der Waals surface area contributed by atoms with E-state index in [0.29, 0.717) is 6.54 Å². The number of aliphatic hydroxyl groups is 1. The van der Waals surface area contributed by atoms with Crippen LogP contribution in [0.15, 0.2) is 24.4 Å². The first kappa shape index (κ1) is 17.4. The molecule has 1 N–H and O–H groups in total. The second kappa shape index (κ2) is 7.61. The highest BCUT2D eigenvalue weighted by Gasteiger charge is 2.19. The molecule has 0 bridgehead atoms. The van der Waals surface area contributed by atoms with Crippen molar-refractivity contribution < 1.29 is 5.11 Å². The van der Waals surface area contributed by atoms with E-state index < -0.39 is 0 Å². The van der Waals surface area contributed by atoms with Gasteiger partial charge in [0.15, 0.2) is 0 Å². The van der Waals surface area contributed by atoms with E-state index in [1.54, 1.807) is 0 Å². The predicted molar refractivity (Wildman–Crippen MR) is 96.2 cm³/mol. The second-order valence-corrected chi connectivity index (χ2v) is 7.03. The van der Waals surface area contributed by atoms with E-state index in [0.717, 1.165) is 50.6 Å². The standard InChI is InChI=1S/C18H29N5O/c1-15-17(23-7-5-4-6-18(23)19-15)14-21(3)12-16(24)13-22-10-8-20(2)9-11-22/h4-7,16,24H,8-14H2,1-3H3. The van der Waals surface area contributed by atoms with Crippen LogP contribution in [-0.4, -0.2) is 88.7 Å². The fraction of sp³-hybridized carbons (Fsp3) is 0.611. The van der Waals surface area contributed by atoms with Gasteiger partial charge in [0.1, 0.15) is 5.65 Å². The Balaban J connectivity index is 1.54. The van der Waals surface area contributed by atoms with Crippen molar-refractivity contribution in [3.8, 4) is 0 Å². The van der Waals surface area contributed by atoms with Gasteiger partial charge in [-0.1, -0.05) is 6.07 Å². The Morgan fingerprint density at radius 3 is 2.75 bits per heavy atom. The first-order chi connectivity index (χ1) is 11.5. The number of likely N-dealkylation sites (N-methyl/N-ethyl adjacent to an activating group) is 2. The molecule has 1 aliphatic rings. The van der Waals surface area contributed by atoms with Gasteiger partial charge in [-0.2, -0.15) is 0 Å². The summed E-state index contributed by atoms with van der Waals surface area (Å²) in [6.07, 6.45) is 1.73. The van der Waals surface area contributed by atoms with E-state index >= 15 is 0 Å². The Kier molecular flexibility index (Phi) is 5.50. The van der Waals surface area contributed by atoms with Crippen LogP contribution in [0.1, 0.15) is 11.4 Å². The smallest absolute Gasteiger partial charge is 0.137 e. The summed E-state index contributed by atoms with van der Waals surface area (Å²) in [5, 5.41) is 10.4. The lowest BCUT2D eigenvalue weighted by Crippen LogP contribution is -2.48. The first-order valence-electron chi connectivity index (χ1n) is 8.73. The number of nitrogens with zero attached hydrogens (tertiary/aromatic N) is 5. The van der Waals surface area contributed by atoms with Gasteiger partial charge in [0.25, 0.3) is 0 Å². The summed E-state index contributed by atoms with van der Waals surface area (Å²) in [7, 11) is 4.22. The molecule has 0 radical (unpaired) electrons. The molecule has 132 valence electrons. The van der Waals surface area contributed by atoms with Crippen LogP contribution < -0.4 is 0 Å². The maximum Gasteiger partial charge on any atom is 0.137 e. The Labute approximate surface area is 144 Å². The Morgan fingerprint density at radius 1 is 1.25 bits per heavy atom. The van der Waals surface area contributed by atoms with E-state index in [2.05, 4.69) is 51.3 Å². The molecule has 1 unspecified atom stereocenters. The van der Waals surface area contributed by atoms with E-state index in [-0.39, 0.29) is 6.10 Å². The maximum atomic E-state index is 10.4. The average Bonchev–Trinajstić information content (AvgIpc) is 2.85. The van der Waals surface area contributed by atoms with Gasteiger partial charge in [-0.05, 0) is 33.2 Å². The van der Waals surface area contributed by atoms with Gasteiger partial charge in [-0.3, -0.25) is 9.80 Å². The monoisotopic (exact) mass is 331 g/mol. The number of pyridine rings is 1. The zero-order valence-electron chi connectivity index (χ0n) is 15.0. The molecule has 1 aliphatic heterocycles. The van der Waals surface area contributed by atoms with Crippen LogP contribution in [0.2, 0.25) is 0 Å². The summed E-state index contributed by atoms with van der Waals surface area (Å²) < 4.78 is 2.14. The van der Waals surface area contributed by atoms with Gasteiger partial charge in [0.2, 0.25) is 0 Å². The molecule has 0 aliphatic carbocycles. The molecule has 0 saturated carbocycles. The molecule has 6 nitrogen and oxygen atoms in total. The number of rotatable bonds is 6. The summed E-state index contributed by atoms with van der Waals surface area (Å²) in [5.74, 6) is 0. The summed E-state index contributed by atoms with van der Waals surface area (Å²) >= 11 is 0. The second-order valence-electron chi connectivity index (χ2n) is 7.03. The molecule has 3 rings (SSSR count). The minimum atomic E-state index is -0.321. The number of imidazole rings is 1. The van der Waals surface area contributed by atoms with Gasteiger partial charge >= 0.3 is 0 Å². The van der Waals surface area contributed by atoms with E-state index in [9.17, 15) is 5.11 Å². The molecule has 1 saturated heterocycles. The Bertz CT molecular complexity index is 662. The SMILES string of the molecule is Cc1nc2ccccn2c1CN(C)CC(O)CN1CCN(C)CC1. The zero-order valence-corrected chi connectivity index (χ0v) is 15.0. The van der Waals surface area contributed by atoms with Crippen LogP contribution >= 0.6 is 0 Å². The third kappa shape index (κ3) is 4.13. The van der Waals surface area contributed by atoms with Crippen molar-refractivity contribution in [1.82, 2.24) is 24.1 Å². The molecular weight excluding hydrogens is 302 g/mol. The summed E-state index contributed by atoms with van der Waals surface area (Å²) in [4.78, 5) is 11.5. The quantitative estimate of drug-likeness (QED) is 0.844. The highest BCUT2D eigenvalue weighted by Crippen LogP contribution is 2.14. The molecule has 0 aromatic carbocycles. The van der Waals surface area contributed by atoms with Crippen LogP contribution in [0, 0.1) is 6.92 Å². The summed E-state index contributed by atoms with van der Waals surface area (Å²) in [6, 6.07) is 6.06. The maximum absolute atomic E-state index is 10.4. The predicted octanol–water partition coefficient (Wildman–Crippen LogP) is 0.683. The van der Waals surface area contributed by atoms with Gasteiger partial charge in [-0.15, -0.1) is 0 Å². The topological polar surface area (TPSA) is 47.2 Å². The minimum absolute atomic E-state index is 0.321. The van der Waals surface area contributed by atoms with Crippen molar-refractivity contribution in [2.75, 3.05) is 53.4 Å². The number of β-amino-alcohol motifs (C(OH)–C–C–N with tert-alkyl or cyclic N) is 1. The molecule has 1 atom stereocenters. The van der Waals surface area contributed by atoms with Crippen LogP contribution in [0.25, 0.3) is 5.65 Å². The number of fused-ring (bicyclic) bond motifs is 1. The average molecular weight is 331 g/mol. The van der Waals surface area contributed by atoms with Crippen molar-refractivity contribution >= 4 is 5.65 Å². The van der Waals surface area contributed by atoms with Crippen molar-refractivity contribution in [1.29, 1.82) is 0 Å². The van der Waals surface area contributed by atoms with Crippen LogP contribution in [0.4, 0.5) is 0 Å². The molecular formula is C18H29N5O. The van der Waals surface area contributed by atoms with Crippen LogP contribution in [0.3, 0.4) is 0 Å². The fourth-order valence-electron chi connectivity index (χ4n) is 3.42. The Hall–Kier alpha value is -1.47. The van der Waals surface area contributed by atoms with E-state index in [1.807, 2.05) is 18.2 Å². The van der Waals surface area contributed by atoms with Gasteiger partial charge in [0, 0.05) is 52.0 Å². The van der Waals surface area contributed by atoms with Gasteiger partial charge < -0.3 is 14.4 Å². The van der Waals surface area contributed by atoms with Crippen molar-refractivity contribution in [3.05, 3.63) is 35.8 Å². The lowest BCUT2D eigenvalue weighted by atomic mass is 10.2. The van der Waals surface area contributed by atoms with E-state index in [1.165, 1.54) is 5.69 Å².